The Morgan fingerprint density at radius 3 is 2.54 bits per heavy atom. The van der Waals surface area contributed by atoms with Crippen LogP contribution >= 0.6 is 11.3 Å². The first kappa shape index (κ1) is 18.3. The smallest absolute Gasteiger partial charge is 0.163 e. The van der Waals surface area contributed by atoms with Gasteiger partial charge >= 0.3 is 0 Å². The molecule has 6 heteroatoms. The van der Waals surface area contributed by atoms with Crippen LogP contribution in [0, 0.1) is 6.92 Å². The van der Waals surface area contributed by atoms with Crippen LogP contribution in [0.3, 0.4) is 0 Å². The van der Waals surface area contributed by atoms with Gasteiger partial charge in [-0.2, -0.15) is 0 Å². The Kier molecular flexibility index (Phi) is 5.12. The SMILES string of the molecule is COc1ccc(CNc2nc(-c3ccccc3)nc3sc(C)cc23)c(OC)c1. The van der Waals surface area contributed by atoms with E-state index in [-0.39, 0.29) is 0 Å². The van der Waals surface area contributed by atoms with Gasteiger partial charge in [0, 0.05) is 28.6 Å². The van der Waals surface area contributed by atoms with E-state index in [1.54, 1.807) is 25.6 Å². The zero-order valence-electron chi connectivity index (χ0n) is 16.0. The van der Waals surface area contributed by atoms with Gasteiger partial charge in [-0.1, -0.05) is 30.3 Å². The molecule has 4 rings (SSSR count). The Balaban J connectivity index is 1.70. The molecule has 0 radical (unpaired) electrons. The molecule has 0 aliphatic rings. The number of fused-ring (bicyclic) bond motifs is 1. The van der Waals surface area contributed by atoms with E-state index >= 15 is 0 Å². The van der Waals surface area contributed by atoms with Crippen LogP contribution in [-0.4, -0.2) is 24.2 Å². The molecule has 2 aromatic heterocycles. The van der Waals surface area contributed by atoms with Crippen molar-refractivity contribution in [2.24, 2.45) is 0 Å². The summed E-state index contributed by atoms with van der Waals surface area (Å²) in [6, 6.07) is 18.0. The average molecular weight is 391 g/mol. The summed E-state index contributed by atoms with van der Waals surface area (Å²) in [4.78, 5) is 11.8. The lowest BCUT2D eigenvalue weighted by Crippen LogP contribution is -2.05. The van der Waals surface area contributed by atoms with E-state index in [1.807, 2.05) is 48.5 Å². The zero-order chi connectivity index (χ0) is 19.5. The molecule has 0 aliphatic heterocycles. The molecule has 0 unspecified atom stereocenters. The van der Waals surface area contributed by atoms with E-state index in [1.165, 1.54) is 4.88 Å². The number of nitrogens with zero attached hydrogens (tertiary/aromatic N) is 2. The van der Waals surface area contributed by atoms with Crippen molar-refractivity contribution < 1.29 is 9.47 Å². The first-order valence-corrected chi connectivity index (χ1v) is 9.78. The van der Waals surface area contributed by atoms with Crippen LogP contribution in [0.25, 0.3) is 21.6 Å². The Bertz CT molecular complexity index is 1110. The maximum Gasteiger partial charge on any atom is 0.163 e. The van der Waals surface area contributed by atoms with E-state index < -0.39 is 0 Å². The Hall–Kier alpha value is -3.12. The zero-order valence-corrected chi connectivity index (χ0v) is 16.8. The maximum absolute atomic E-state index is 5.51. The minimum atomic E-state index is 0.586. The molecule has 1 N–H and O–H groups in total. The van der Waals surface area contributed by atoms with Gasteiger partial charge in [-0.05, 0) is 25.1 Å². The van der Waals surface area contributed by atoms with Gasteiger partial charge in [-0.25, -0.2) is 9.97 Å². The van der Waals surface area contributed by atoms with Crippen LogP contribution in [0.4, 0.5) is 5.82 Å². The molecule has 0 atom stereocenters. The highest BCUT2D eigenvalue weighted by atomic mass is 32.1. The second kappa shape index (κ2) is 7.86. The van der Waals surface area contributed by atoms with Gasteiger partial charge in [0.1, 0.15) is 22.1 Å². The van der Waals surface area contributed by atoms with Gasteiger partial charge in [0.05, 0.1) is 19.6 Å². The van der Waals surface area contributed by atoms with E-state index in [0.717, 1.165) is 44.5 Å². The van der Waals surface area contributed by atoms with Crippen LogP contribution in [0.2, 0.25) is 0 Å². The van der Waals surface area contributed by atoms with Crippen LogP contribution in [0.15, 0.2) is 54.6 Å². The number of hydrogen-bond donors (Lipinski definition) is 1. The Labute approximate surface area is 168 Å². The summed E-state index contributed by atoms with van der Waals surface area (Å²) in [6.45, 7) is 2.67. The number of thiophene rings is 1. The molecule has 0 aliphatic carbocycles. The van der Waals surface area contributed by atoms with Gasteiger partial charge in [0.25, 0.3) is 0 Å². The van der Waals surface area contributed by atoms with E-state index in [9.17, 15) is 0 Å². The van der Waals surface area contributed by atoms with Crippen molar-refractivity contribution in [2.75, 3.05) is 19.5 Å². The topological polar surface area (TPSA) is 56.3 Å². The summed E-state index contributed by atoms with van der Waals surface area (Å²) in [5, 5.41) is 4.51. The summed E-state index contributed by atoms with van der Waals surface area (Å²) in [5.74, 6) is 3.09. The number of nitrogens with one attached hydrogen (secondary N) is 1. The fourth-order valence-corrected chi connectivity index (χ4v) is 3.95. The van der Waals surface area contributed by atoms with Crippen LogP contribution in [0.1, 0.15) is 10.4 Å². The second-order valence-electron chi connectivity index (χ2n) is 6.37. The summed E-state index contributed by atoms with van der Waals surface area (Å²) < 4.78 is 10.8. The number of aryl methyl sites for hydroxylation is 1. The largest absolute Gasteiger partial charge is 0.497 e. The quantitative estimate of drug-likeness (QED) is 0.484. The number of hydrogen-bond acceptors (Lipinski definition) is 6. The average Bonchev–Trinajstić information content (AvgIpc) is 3.12. The van der Waals surface area contributed by atoms with Gasteiger partial charge in [0.2, 0.25) is 0 Å². The molecular formula is C22H21N3O2S. The number of aromatic nitrogens is 2. The molecule has 0 amide bonds. The highest BCUT2D eigenvalue weighted by Crippen LogP contribution is 2.32. The van der Waals surface area contributed by atoms with Crippen molar-refractivity contribution >= 4 is 27.4 Å². The summed E-state index contributed by atoms with van der Waals surface area (Å²) in [6.07, 6.45) is 0. The van der Waals surface area contributed by atoms with E-state index in [4.69, 9.17) is 19.4 Å². The Morgan fingerprint density at radius 2 is 1.79 bits per heavy atom. The van der Waals surface area contributed by atoms with Gasteiger partial charge in [0.15, 0.2) is 5.82 Å². The number of anilines is 1. The lowest BCUT2D eigenvalue weighted by molar-refractivity contribution is 0.391. The minimum Gasteiger partial charge on any atom is -0.497 e. The molecule has 0 spiro atoms. The first-order chi connectivity index (χ1) is 13.7. The molecule has 0 saturated carbocycles. The third kappa shape index (κ3) is 3.64. The summed E-state index contributed by atoms with van der Waals surface area (Å²) in [7, 11) is 3.31. The van der Waals surface area contributed by atoms with Crippen molar-refractivity contribution in [2.45, 2.75) is 13.5 Å². The number of benzene rings is 2. The molecule has 0 fully saturated rings. The molecule has 5 nitrogen and oxygen atoms in total. The van der Waals surface area contributed by atoms with Gasteiger partial charge in [-0.15, -0.1) is 11.3 Å². The number of rotatable bonds is 6. The highest BCUT2D eigenvalue weighted by Gasteiger charge is 2.13. The fraction of sp³-hybridized carbons (Fsp3) is 0.182. The summed E-state index contributed by atoms with van der Waals surface area (Å²) >= 11 is 1.68. The molecule has 4 aromatic rings. The van der Waals surface area contributed by atoms with E-state index in [2.05, 4.69) is 18.3 Å². The van der Waals surface area contributed by atoms with Crippen LogP contribution in [-0.2, 0) is 6.54 Å². The fourth-order valence-electron chi connectivity index (χ4n) is 3.07. The third-order valence-corrected chi connectivity index (χ3v) is 5.43. The van der Waals surface area contributed by atoms with Crippen molar-refractivity contribution in [3.63, 3.8) is 0 Å². The highest BCUT2D eigenvalue weighted by molar-refractivity contribution is 7.18. The number of methoxy groups -OCH3 is 2. The molecule has 0 saturated heterocycles. The lowest BCUT2D eigenvalue weighted by atomic mass is 10.2. The van der Waals surface area contributed by atoms with Crippen molar-refractivity contribution in [1.29, 1.82) is 0 Å². The third-order valence-electron chi connectivity index (χ3n) is 4.49. The predicted octanol–water partition coefficient (Wildman–Crippen LogP) is 5.30. The van der Waals surface area contributed by atoms with Gasteiger partial charge < -0.3 is 14.8 Å². The minimum absolute atomic E-state index is 0.586. The molecule has 142 valence electrons. The molecule has 2 heterocycles. The van der Waals surface area contributed by atoms with Crippen molar-refractivity contribution in [3.8, 4) is 22.9 Å². The van der Waals surface area contributed by atoms with Gasteiger partial charge in [-0.3, -0.25) is 0 Å². The first-order valence-electron chi connectivity index (χ1n) is 8.96. The molecule has 0 bridgehead atoms. The van der Waals surface area contributed by atoms with Crippen LogP contribution < -0.4 is 14.8 Å². The maximum atomic E-state index is 5.51. The lowest BCUT2D eigenvalue weighted by Gasteiger charge is -2.13. The van der Waals surface area contributed by atoms with Crippen LogP contribution in [0.5, 0.6) is 11.5 Å². The molecule has 2 aromatic carbocycles. The van der Waals surface area contributed by atoms with Crippen molar-refractivity contribution in [3.05, 3.63) is 65.0 Å². The standard InChI is InChI=1S/C22H21N3O2S/c1-14-11-18-21(23-13-16-9-10-17(26-2)12-19(16)27-3)24-20(25-22(18)28-14)15-7-5-4-6-8-15/h4-12H,13H2,1-3H3,(H,23,24,25). The van der Waals surface area contributed by atoms with E-state index in [0.29, 0.717) is 6.54 Å². The van der Waals surface area contributed by atoms with Crippen molar-refractivity contribution in [1.82, 2.24) is 9.97 Å². The summed E-state index contributed by atoms with van der Waals surface area (Å²) in [5.41, 5.74) is 2.03. The normalized spacial score (nSPS) is 10.8. The molecular weight excluding hydrogens is 370 g/mol. The monoisotopic (exact) mass is 391 g/mol. The molecule has 28 heavy (non-hydrogen) atoms. The predicted molar refractivity (Wildman–Crippen MR) is 114 cm³/mol. The second-order valence-corrected chi connectivity index (χ2v) is 7.60. The number of ether oxygens (including phenoxy) is 2. The Morgan fingerprint density at radius 1 is 0.964 bits per heavy atom.